The number of hydrogen-bond acceptors (Lipinski definition) is 5. The first kappa shape index (κ1) is 18.5. The number of aryl methyl sites for hydroxylation is 1. The summed E-state index contributed by atoms with van der Waals surface area (Å²) in [5.74, 6) is 1.04. The Hall–Kier alpha value is -2.81. The number of morpholine rings is 1. The van der Waals surface area contributed by atoms with Gasteiger partial charge in [0.05, 0.1) is 24.2 Å². The Labute approximate surface area is 159 Å². The molecule has 9 heteroatoms. The van der Waals surface area contributed by atoms with Crippen LogP contribution in [0.3, 0.4) is 0 Å². The molecule has 0 saturated carbocycles. The SMILES string of the molecule is Cc1cc2c(NCc3ccccc3C(F)(F)F)nc(N3CCOCC3)nc2[nH]1. The van der Waals surface area contributed by atoms with Crippen molar-refractivity contribution < 1.29 is 17.9 Å². The van der Waals surface area contributed by atoms with Crippen molar-refractivity contribution in [2.45, 2.75) is 19.6 Å². The molecule has 1 aliphatic rings. The van der Waals surface area contributed by atoms with E-state index in [1.807, 2.05) is 17.9 Å². The number of H-pyrrole nitrogens is 1. The lowest BCUT2D eigenvalue weighted by Gasteiger charge is -2.27. The summed E-state index contributed by atoms with van der Waals surface area (Å²) in [6.07, 6.45) is -4.40. The molecule has 1 aromatic carbocycles. The summed E-state index contributed by atoms with van der Waals surface area (Å²) in [5, 5.41) is 3.83. The molecule has 148 valence electrons. The largest absolute Gasteiger partial charge is 0.416 e. The smallest absolute Gasteiger partial charge is 0.378 e. The number of fused-ring (bicyclic) bond motifs is 1. The number of ether oxygens (including phenoxy) is 1. The molecule has 2 aromatic heterocycles. The number of anilines is 2. The summed E-state index contributed by atoms with van der Waals surface area (Å²) in [4.78, 5) is 14.4. The summed E-state index contributed by atoms with van der Waals surface area (Å²) in [5.41, 5.74) is 1.08. The number of rotatable bonds is 4. The summed E-state index contributed by atoms with van der Waals surface area (Å²) in [7, 11) is 0. The molecule has 28 heavy (non-hydrogen) atoms. The molecule has 3 heterocycles. The van der Waals surface area contributed by atoms with E-state index < -0.39 is 11.7 Å². The number of benzene rings is 1. The van der Waals surface area contributed by atoms with Crippen LogP contribution in [-0.4, -0.2) is 41.3 Å². The molecule has 0 aliphatic carbocycles. The summed E-state index contributed by atoms with van der Waals surface area (Å²) in [6.45, 7) is 4.43. The standard InChI is InChI=1S/C19H20F3N5O/c1-12-10-14-16(23-11-13-4-2-3-5-15(13)19(20,21)22)25-18(26-17(14)24-12)27-6-8-28-9-7-27/h2-5,10H,6-9,11H2,1H3,(H2,23,24,25,26). The Morgan fingerprint density at radius 2 is 1.93 bits per heavy atom. The highest BCUT2D eigenvalue weighted by Crippen LogP contribution is 2.32. The van der Waals surface area contributed by atoms with Crippen LogP contribution in [0.1, 0.15) is 16.8 Å². The van der Waals surface area contributed by atoms with Crippen LogP contribution < -0.4 is 10.2 Å². The molecule has 0 unspecified atom stereocenters. The van der Waals surface area contributed by atoms with Gasteiger partial charge in [-0.05, 0) is 24.6 Å². The van der Waals surface area contributed by atoms with Crippen LogP contribution in [0.2, 0.25) is 0 Å². The number of alkyl halides is 3. The van der Waals surface area contributed by atoms with Crippen molar-refractivity contribution in [2.75, 3.05) is 36.5 Å². The Morgan fingerprint density at radius 1 is 1.18 bits per heavy atom. The molecular weight excluding hydrogens is 371 g/mol. The molecule has 6 nitrogen and oxygen atoms in total. The monoisotopic (exact) mass is 391 g/mol. The maximum absolute atomic E-state index is 13.3. The van der Waals surface area contributed by atoms with E-state index in [9.17, 15) is 13.2 Å². The fourth-order valence-corrected chi connectivity index (χ4v) is 3.30. The highest BCUT2D eigenvalue weighted by Gasteiger charge is 2.32. The molecule has 1 saturated heterocycles. The summed E-state index contributed by atoms with van der Waals surface area (Å²) >= 11 is 0. The quantitative estimate of drug-likeness (QED) is 0.709. The Balaban J connectivity index is 1.67. The molecule has 4 rings (SSSR count). The zero-order valence-corrected chi connectivity index (χ0v) is 15.3. The van der Waals surface area contributed by atoms with Crippen LogP contribution in [-0.2, 0) is 17.5 Å². The van der Waals surface area contributed by atoms with Gasteiger partial charge in [-0.25, -0.2) is 0 Å². The van der Waals surface area contributed by atoms with Gasteiger partial charge in [-0.15, -0.1) is 0 Å². The molecule has 2 N–H and O–H groups in total. The number of hydrogen-bond donors (Lipinski definition) is 2. The third kappa shape index (κ3) is 3.75. The molecule has 0 radical (unpaired) electrons. The third-order valence-corrected chi connectivity index (χ3v) is 4.67. The van der Waals surface area contributed by atoms with E-state index >= 15 is 0 Å². The average Bonchev–Trinajstić information content (AvgIpc) is 3.06. The van der Waals surface area contributed by atoms with Crippen molar-refractivity contribution >= 4 is 22.8 Å². The molecule has 1 fully saturated rings. The van der Waals surface area contributed by atoms with Gasteiger partial charge in [0.15, 0.2) is 0 Å². The van der Waals surface area contributed by atoms with Crippen molar-refractivity contribution in [1.82, 2.24) is 15.0 Å². The van der Waals surface area contributed by atoms with Crippen molar-refractivity contribution in [3.05, 3.63) is 47.2 Å². The topological polar surface area (TPSA) is 66.1 Å². The van der Waals surface area contributed by atoms with E-state index in [-0.39, 0.29) is 12.1 Å². The Bertz CT molecular complexity index is 979. The van der Waals surface area contributed by atoms with E-state index in [1.165, 1.54) is 12.1 Å². The van der Waals surface area contributed by atoms with Crippen molar-refractivity contribution in [3.8, 4) is 0 Å². The van der Waals surface area contributed by atoms with E-state index in [4.69, 9.17) is 4.74 Å². The van der Waals surface area contributed by atoms with Crippen molar-refractivity contribution in [2.24, 2.45) is 0 Å². The number of nitrogens with one attached hydrogen (secondary N) is 2. The normalized spacial score (nSPS) is 15.2. The predicted molar refractivity (Wildman–Crippen MR) is 100 cm³/mol. The van der Waals surface area contributed by atoms with Gasteiger partial charge in [0.2, 0.25) is 5.95 Å². The van der Waals surface area contributed by atoms with Crippen LogP contribution in [0, 0.1) is 6.92 Å². The van der Waals surface area contributed by atoms with Gasteiger partial charge in [-0.1, -0.05) is 18.2 Å². The van der Waals surface area contributed by atoms with Gasteiger partial charge in [0.1, 0.15) is 11.5 Å². The fraction of sp³-hybridized carbons (Fsp3) is 0.368. The third-order valence-electron chi connectivity index (χ3n) is 4.67. The predicted octanol–water partition coefficient (Wildman–Crippen LogP) is 3.73. The minimum atomic E-state index is -4.40. The van der Waals surface area contributed by atoms with Gasteiger partial charge in [-0.2, -0.15) is 23.1 Å². The zero-order chi connectivity index (χ0) is 19.7. The van der Waals surface area contributed by atoms with Gasteiger partial charge in [0.25, 0.3) is 0 Å². The molecule has 0 bridgehead atoms. The minimum Gasteiger partial charge on any atom is -0.378 e. The first-order valence-electron chi connectivity index (χ1n) is 9.01. The van der Waals surface area contributed by atoms with E-state index in [0.29, 0.717) is 43.7 Å². The molecule has 3 aromatic rings. The Morgan fingerprint density at radius 3 is 2.68 bits per heavy atom. The molecule has 0 atom stereocenters. The number of halogens is 3. The van der Waals surface area contributed by atoms with Crippen LogP contribution in [0.5, 0.6) is 0 Å². The van der Waals surface area contributed by atoms with Gasteiger partial charge in [-0.3, -0.25) is 0 Å². The van der Waals surface area contributed by atoms with E-state index in [2.05, 4.69) is 20.3 Å². The number of nitrogens with zero attached hydrogens (tertiary/aromatic N) is 3. The van der Waals surface area contributed by atoms with Crippen molar-refractivity contribution in [1.29, 1.82) is 0 Å². The van der Waals surface area contributed by atoms with Crippen LogP contribution in [0.25, 0.3) is 11.0 Å². The molecule has 0 amide bonds. The van der Waals surface area contributed by atoms with E-state index in [1.54, 1.807) is 6.07 Å². The maximum atomic E-state index is 13.3. The average molecular weight is 391 g/mol. The maximum Gasteiger partial charge on any atom is 0.416 e. The second kappa shape index (κ2) is 7.31. The summed E-state index contributed by atoms with van der Waals surface area (Å²) < 4.78 is 45.1. The highest BCUT2D eigenvalue weighted by atomic mass is 19.4. The van der Waals surface area contributed by atoms with Crippen LogP contribution in [0.15, 0.2) is 30.3 Å². The first-order valence-corrected chi connectivity index (χ1v) is 9.01. The lowest BCUT2D eigenvalue weighted by molar-refractivity contribution is -0.138. The molecule has 0 spiro atoms. The molecule has 1 aliphatic heterocycles. The lowest BCUT2D eigenvalue weighted by atomic mass is 10.1. The Kier molecular flexibility index (Phi) is 4.84. The first-order chi connectivity index (χ1) is 13.4. The second-order valence-corrected chi connectivity index (χ2v) is 6.69. The van der Waals surface area contributed by atoms with Crippen molar-refractivity contribution in [3.63, 3.8) is 0 Å². The molecular formula is C19H20F3N5O. The van der Waals surface area contributed by atoms with E-state index in [0.717, 1.165) is 17.1 Å². The highest BCUT2D eigenvalue weighted by molar-refractivity contribution is 5.89. The summed E-state index contributed by atoms with van der Waals surface area (Å²) in [6, 6.07) is 7.44. The second-order valence-electron chi connectivity index (χ2n) is 6.69. The number of aromatic amines is 1. The van der Waals surface area contributed by atoms with Crippen LogP contribution >= 0.6 is 0 Å². The number of aromatic nitrogens is 3. The fourth-order valence-electron chi connectivity index (χ4n) is 3.30. The van der Waals surface area contributed by atoms with Gasteiger partial charge >= 0.3 is 6.18 Å². The van der Waals surface area contributed by atoms with Gasteiger partial charge < -0.3 is 19.9 Å². The van der Waals surface area contributed by atoms with Gasteiger partial charge in [0, 0.05) is 25.3 Å². The van der Waals surface area contributed by atoms with Crippen LogP contribution in [0.4, 0.5) is 24.9 Å². The minimum absolute atomic E-state index is 0.00851. The zero-order valence-electron chi connectivity index (χ0n) is 15.3. The lowest BCUT2D eigenvalue weighted by Crippen LogP contribution is -2.37.